The molecule has 1 amide bonds. The summed E-state index contributed by atoms with van der Waals surface area (Å²) in [5.41, 5.74) is 4.28. The van der Waals surface area contributed by atoms with E-state index in [0.29, 0.717) is 11.5 Å². The quantitative estimate of drug-likeness (QED) is 0.718. The van der Waals surface area contributed by atoms with Crippen molar-refractivity contribution >= 4 is 5.91 Å². The number of hydrogen-bond acceptors (Lipinski definition) is 4. The highest BCUT2D eigenvalue weighted by molar-refractivity contribution is 5.81. The lowest BCUT2D eigenvalue weighted by Crippen LogP contribution is -2.38. The number of benzene rings is 2. The molecule has 0 heterocycles. The molecular formula is C23H31NO4. The lowest BCUT2D eigenvalue weighted by molar-refractivity contribution is -0.128. The number of ether oxygens (including phenoxy) is 3. The largest absolute Gasteiger partial charge is 0.493 e. The fraction of sp³-hybridized carbons (Fsp3) is 0.435. The lowest BCUT2D eigenvalue weighted by Gasteiger charge is -2.23. The van der Waals surface area contributed by atoms with Crippen LogP contribution in [0.3, 0.4) is 0 Å². The van der Waals surface area contributed by atoms with Gasteiger partial charge in [0.1, 0.15) is 5.75 Å². The van der Waals surface area contributed by atoms with Crippen molar-refractivity contribution in [1.29, 1.82) is 0 Å². The minimum Gasteiger partial charge on any atom is -0.493 e. The summed E-state index contributed by atoms with van der Waals surface area (Å²) in [4.78, 5) is 12.8. The minimum atomic E-state index is -0.603. The third-order valence-electron chi connectivity index (χ3n) is 4.97. The highest BCUT2D eigenvalue weighted by Gasteiger charge is 2.21. The molecule has 0 unspecified atom stereocenters. The highest BCUT2D eigenvalue weighted by Crippen LogP contribution is 2.31. The second-order valence-electron chi connectivity index (χ2n) is 7.05. The zero-order chi connectivity index (χ0) is 20.8. The van der Waals surface area contributed by atoms with E-state index >= 15 is 0 Å². The van der Waals surface area contributed by atoms with E-state index in [1.54, 1.807) is 21.1 Å². The molecule has 152 valence electrons. The van der Waals surface area contributed by atoms with E-state index in [1.165, 1.54) is 0 Å². The number of methoxy groups -OCH3 is 2. The van der Waals surface area contributed by atoms with Gasteiger partial charge in [-0.15, -0.1) is 0 Å². The first-order chi connectivity index (χ1) is 13.3. The summed E-state index contributed by atoms with van der Waals surface area (Å²) in [7, 11) is 3.20. The molecule has 0 aliphatic rings. The van der Waals surface area contributed by atoms with Crippen LogP contribution in [0.15, 0.2) is 30.3 Å². The Morgan fingerprint density at radius 2 is 1.68 bits per heavy atom. The van der Waals surface area contributed by atoms with Crippen LogP contribution in [0.25, 0.3) is 0 Å². The van der Waals surface area contributed by atoms with Crippen LogP contribution in [0.1, 0.15) is 48.6 Å². The van der Waals surface area contributed by atoms with E-state index in [-0.39, 0.29) is 11.9 Å². The fourth-order valence-electron chi connectivity index (χ4n) is 3.15. The lowest BCUT2D eigenvalue weighted by atomic mass is 10.0. The van der Waals surface area contributed by atoms with Gasteiger partial charge < -0.3 is 19.5 Å². The van der Waals surface area contributed by atoms with E-state index < -0.39 is 6.10 Å². The van der Waals surface area contributed by atoms with Gasteiger partial charge in [-0.25, -0.2) is 0 Å². The smallest absolute Gasteiger partial charge is 0.261 e. The summed E-state index contributed by atoms with van der Waals surface area (Å²) in [5, 5.41) is 3.08. The molecule has 0 aliphatic heterocycles. The zero-order valence-electron chi connectivity index (χ0n) is 17.9. The molecule has 2 aromatic rings. The van der Waals surface area contributed by atoms with Gasteiger partial charge in [0.05, 0.1) is 20.3 Å². The molecular weight excluding hydrogens is 354 g/mol. The van der Waals surface area contributed by atoms with Crippen LogP contribution in [0, 0.1) is 20.8 Å². The van der Waals surface area contributed by atoms with Crippen molar-refractivity contribution in [2.24, 2.45) is 0 Å². The molecule has 0 aliphatic carbocycles. The van der Waals surface area contributed by atoms with E-state index in [1.807, 2.05) is 52.0 Å². The summed E-state index contributed by atoms with van der Waals surface area (Å²) >= 11 is 0. The molecule has 0 aromatic heterocycles. The third-order valence-corrected chi connectivity index (χ3v) is 4.97. The molecule has 2 aromatic carbocycles. The number of carbonyl (C=O) groups excluding carboxylic acids is 1. The molecule has 0 radical (unpaired) electrons. The van der Waals surface area contributed by atoms with Crippen LogP contribution in [0.2, 0.25) is 0 Å². The van der Waals surface area contributed by atoms with Gasteiger partial charge in [0.25, 0.3) is 5.91 Å². The van der Waals surface area contributed by atoms with Crippen LogP contribution in [-0.2, 0) is 4.79 Å². The van der Waals surface area contributed by atoms with Gasteiger partial charge in [-0.2, -0.15) is 0 Å². The second-order valence-corrected chi connectivity index (χ2v) is 7.05. The van der Waals surface area contributed by atoms with Gasteiger partial charge >= 0.3 is 0 Å². The standard InChI is InChI=1S/C23H31NO4/c1-8-19(18-9-10-20(26-6)22(13-18)27-7)24-23(25)17(5)28-21-12-14(2)11-15(3)16(21)4/h9-13,17,19H,8H2,1-7H3,(H,24,25)/t17-,19+/m1/s1. The molecule has 2 atom stereocenters. The summed E-state index contributed by atoms with van der Waals surface area (Å²) in [5.74, 6) is 1.90. The number of carbonyl (C=O) groups is 1. The Kier molecular flexibility index (Phi) is 7.32. The molecule has 0 spiro atoms. The fourth-order valence-corrected chi connectivity index (χ4v) is 3.15. The van der Waals surface area contributed by atoms with Gasteiger partial charge in [-0.3, -0.25) is 4.79 Å². The van der Waals surface area contributed by atoms with E-state index in [9.17, 15) is 4.79 Å². The van der Waals surface area contributed by atoms with Gasteiger partial charge in [-0.1, -0.05) is 19.1 Å². The van der Waals surface area contributed by atoms with Crippen molar-refractivity contribution < 1.29 is 19.0 Å². The number of hydrogen-bond donors (Lipinski definition) is 1. The SMILES string of the molecule is CC[C@H](NC(=O)[C@@H](C)Oc1cc(C)cc(C)c1C)c1ccc(OC)c(OC)c1. The van der Waals surface area contributed by atoms with Gasteiger partial charge in [0, 0.05) is 0 Å². The summed E-state index contributed by atoms with van der Waals surface area (Å²) in [6, 6.07) is 9.62. The minimum absolute atomic E-state index is 0.140. The predicted octanol–water partition coefficient (Wildman–Crippen LogP) is 4.66. The number of rotatable bonds is 8. The van der Waals surface area contributed by atoms with Crippen LogP contribution in [0.4, 0.5) is 0 Å². The first-order valence-electron chi connectivity index (χ1n) is 9.57. The Morgan fingerprint density at radius 3 is 2.29 bits per heavy atom. The number of amides is 1. The van der Waals surface area contributed by atoms with Crippen LogP contribution in [-0.4, -0.2) is 26.2 Å². The van der Waals surface area contributed by atoms with Crippen molar-refractivity contribution in [2.75, 3.05) is 14.2 Å². The monoisotopic (exact) mass is 385 g/mol. The number of aryl methyl sites for hydroxylation is 2. The normalized spacial score (nSPS) is 12.8. The maximum Gasteiger partial charge on any atom is 0.261 e. The predicted molar refractivity (Wildman–Crippen MR) is 111 cm³/mol. The molecule has 0 saturated heterocycles. The average molecular weight is 386 g/mol. The first-order valence-corrected chi connectivity index (χ1v) is 9.57. The number of nitrogens with one attached hydrogen (secondary N) is 1. The van der Waals surface area contributed by atoms with Crippen molar-refractivity contribution in [3.8, 4) is 17.2 Å². The van der Waals surface area contributed by atoms with E-state index in [0.717, 1.165) is 34.4 Å². The Hall–Kier alpha value is -2.69. The molecule has 5 heteroatoms. The Morgan fingerprint density at radius 1 is 1.00 bits per heavy atom. The average Bonchev–Trinajstić information content (AvgIpc) is 2.68. The summed E-state index contributed by atoms with van der Waals surface area (Å²) in [6.07, 6.45) is 0.144. The molecule has 2 rings (SSSR count). The van der Waals surface area contributed by atoms with E-state index in [4.69, 9.17) is 14.2 Å². The van der Waals surface area contributed by atoms with Crippen LogP contribution in [0.5, 0.6) is 17.2 Å². The maximum atomic E-state index is 12.8. The Labute approximate surface area is 168 Å². The van der Waals surface area contributed by atoms with Crippen molar-refractivity contribution in [3.05, 3.63) is 52.6 Å². The van der Waals surface area contributed by atoms with Crippen LogP contribution >= 0.6 is 0 Å². The molecule has 0 fully saturated rings. The molecule has 5 nitrogen and oxygen atoms in total. The molecule has 1 N–H and O–H groups in total. The third kappa shape index (κ3) is 4.97. The second kappa shape index (κ2) is 9.49. The highest BCUT2D eigenvalue weighted by atomic mass is 16.5. The van der Waals surface area contributed by atoms with Crippen LogP contribution < -0.4 is 19.5 Å². The Bertz CT molecular complexity index is 832. The van der Waals surface area contributed by atoms with Gasteiger partial charge in [0.2, 0.25) is 0 Å². The molecule has 0 saturated carbocycles. The van der Waals surface area contributed by atoms with Crippen molar-refractivity contribution in [1.82, 2.24) is 5.32 Å². The van der Waals surface area contributed by atoms with E-state index in [2.05, 4.69) is 11.4 Å². The molecule has 0 bridgehead atoms. The summed E-state index contributed by atoms with van der Waals surface area (Å²) in [6.45, 7) is 9.88. The zero-order valence-corrected chi connectivity index (χ0v) is 17.9. The van der Waals surface area contributed by atoms with Crippen molar-refractivity contribution in [3.63, 3.8) is 0 Å². The topological polar surface area (TPSA) is 56.8 Å². The van der Waals surface area contributed by atoms with Gasteiger partial charge in [-0.05, 0) is 74.6 Å². The maximum absolute atomic E-state index is 12.8. The summed E-state index contributed by atoms with van der Waals surface area (Å²) < 4.78 is 16.6. The van der Waals surface area contributed by atoms with Gasteiger partial charge in [0.15, 0.2) is 17.6 Å². The first kappa shape index (κ1) is 21.6. The molecule has 28 heavy (non-hydrogen) atoms. The Balaban J connectivity index is 2.13. The van der Waals surface area contributed by atoms with Crippen molar-refractivity contribution in [2.45, 2.75) is 53.2 Å².